The molecule has 2 aromatic heterocycles. The largest absolute Gasteiger partial charge is 0.391 e. The van der Waals surface area contributed by atoms with Gasteiger partial charge in [-0.3, -0.25) is 23.9 Å². The lowest BCUT2D eigenvalue weighted by Crippen LogP contribution is -2.50. The van der Waals surface area contributed by atoms with Crippen LogP contribution in [-0.2, 0) is 15.0 Å². The van der Waals surface area contributed by atoms with Crippen LogP contribution >= 0.6 is 27.3 Å². The highest BCUT2D eigenvalue weighted by Crippen LogP contribution is 2.52. The number of carbonyl (C=O) groups excluding carboxylic acids is 2. The van der Waals surface area contributed by atoms with E-state index in [2.05, 4.69) is 77.2 Å². The number of fused-ring (bicyclic) bond motifs is 7. The zero-order chi connectivity index (χ0) is 51.1. The first kappa shape index (κ1) is 51.0. The van der Waals surface area contributed by atoms with Crippen molar-refractivity contribution >= 4 is 61.9 Å². The second-order valence-corrected chi connectivity index (χ2v) is 24.3. The number of piperidine rings is 1. The highest BCUT2D eigenvalue weighted by molar-refractivity contribution is 9.10. The SMILES string of the molecule is Cc1ncsc1-c1ccc([C@H](C)NC(=O)[C@@H]2C[C@@H](O)CN2C(=O)[C@@H](N=C/C(=N\N)C2CCC(CN3CCC(c4ccc5c(c4)-n4c(nc(=O)c6c(Br)cccc64)C54CCCCC4)CC3)CC2)C2CCCCC2)cc1. The first-order chi connectivity index (χ1) is 36.0. The topological polar surface area (TPSA) is 171 Å². The fourth-order valence-electron chi connectivity index (χ4n) is 14.0. The Bertz CT molecular complexity index is 2980. The van der Waals surface area contributed by atoms with Gasteiger partial charge in [-0.05, 0) is 165 Å². The molecule has 2 amide bonds. The molecule has 3 aliphatic carbocycles. The number of hydrazone groups is 1. The molecule has 6 aliphatic rings. The first-order valence-corrected chi connectivity index (χ1v) is 29.4. The van der Waals surface area contributed by atoms with Crippen molar-refractivity contribution in [1.82, 2.24) is 29.7 Å². The molecule has 3 saturated carbocycles. The standard InChI is InChI=1S/C59H72BrN9O4S/c1-36(39-18-20-43(21-19-39)54-37(2)63-35-74-54)64-55(71)51-31-45(70)34-68(51)57(73)53(42-10-5-3-6-11-42)62-32-48(66-61)41-16-14-38(15-17-41)33-67-28-24-40(25-29-67)44-22-23-46-50(30-44)69-49-13-9-12-47(60)52(49)56(72)65-58(69)59(46)26-7-4-8-27-59/h9,12-13,18-23,30,32,35-36,38,40-42,45,51,53,70H,3-8,10-11,14-17,24-29,31,33-34,61H2,1-2H3,(H,64,71)/b62-32?,66-48+/t36-,38?,41?,45+,51-,53-/m0/s1. The van der Waals surface area contributed by atoms with Crippen LogP contribution in [0.4, 0.5) is 0 Å². The lowest BCUT2D eigenvalue weighted by atomic mass is 9.69. The molecule has 4 N–H and O–H groups in total. The minimum atomic E-state index is -0.791. The molecule has 2 saturated heterocycles. The van der Waals surface area contributed by atoms with Crippen molar-refractivity contribution in [3.8, 4) is 16.1 Å². The second-order valence-electron chi connectivity index (χ2n) is 22.6. The number of nitrogens with one attached hydrogen (secondary N) is 1. The van der Waals surface area contributed by atoms with E-state index >= 15 is 0 Å². The van der Waals surface area contributed by atoms with Gasteiger partial charge < -0.3 is 26.1 Å². The van der Waals surface area contributed by atoms with Crippen molar-refractivity contribution in [3.63, 3.8) is 0 Å². The van der Waals surface area contributed by atoms with Crippen LogP contribution in [0.1, 0.15) is 156 Å². The second kappa shape index (κ2) is 21.9. The van der Waals surface area contributed by atoms with E-state index < -0.39 is 18.2 Å². The predicted octanol–water partition coefficient (Wildman–Crippen LogP) is 10.3. The fraction of sp³-hybridized carbons (Fsp3) is 0.542. The molecule has 13 nitrogen and oxygen atoms in total. The van der Waals surface area contributed by atoms with Gasteiger partial charge in [-0.2, -0.15) is 10.1 Å². The Morgan fingerprint density at radius 2 is 1.70 bits per heavy atom. The van der Waals surface area contributed by atoms with Gasteiger partial charge in [0.1, 0.15) is 17.9 Å². The van der Waals surface area contributed by atoms with Crippen LogP contribution in [0.3, 0.4) is 0 Å². The Balaban J connectivity index is 0.706. The number of aliphatic hydroxyl groups is 1. The summed E-state index contributed by atoms with van der Waals surface area (Å²) in [5, 5.41) is 19.0. The van der Waals surface area contributed by atoms with Crippen LogP contribution in [0.25, 0.3) is 27.0 Å². The minimum absolute atomic E-state index is 0.0490. The van der Waals surface area contributed by atoms with Gasteiger partial charge in [0.25, 0.3) is 5.56 Å². The number of thiazole rings is 1. The lowest BCUT2D eigenvalue weighted by Gasteiger charge is -2.37. The van der Waals surface area contributed by atoms with Crippen molar-refractivity contribution in [2.45, 2.75) is 159 Å². The molecule has 74 heavy (non-hydrogen) atoms. The van der Waals surface area contributed by atoms with Crippen molar-refractivity contribution in [1.29, 1.82) is 0 Å². The van der Waals surface area contributed by atoms with Gasteiger partial charge in [0.05, 0.1) is 55.9 Å². The number of nitrogens with zero attached hydrogens (tertiary/aromatic N) is 7. The Morgan fingerprint density at radius 1 is 0.959 bits per heavy atom. The van der Waals surface area contributed by atoms with Crippen molar-refractivity contribution < 1.29 is 14.7 Å². The molecule has 5 aromatic rings. The Labute approximate surface area is 447 Å². The number of carbonyl (C=O) groups is 2. The predicted molar refractivity (Wildman–Crippen MR) is 298 cm³/mol. The number of halogens is 1. The first-order valence-electron chi connectivity index (χ1n) is 27.7. The average Bonchev–Trinajstić information content (AvgIpc) is 4.12. The number of hydrogen-bond donors (Lipinski definition) is 3. The van der Waals surface area contributed by atoms with E-state index in [4.69, 9.17) is 15.8 Å². The number of hydrogen-bond acceptors (Lipinski definition) is 11. The van der Waals surface area contributed by atoms with Crippen molar-refractivity contribution in [2.24, 2.45) is 33.7 Å². The lowest BCUT2D eigenvalue weighted by molar-refractivity contribution is -0.140. The molecule has 3 aliphatic heterocycles. The molecule has 0 bridgehead atoms. The Morgan fingerprint density at radius 3 is 2.42 bits per heavy atom. The average molecular weight is 1080 g/mol. The maximum absolute atomic E-state index is 14.7. The number of aryl methyl sites for hydroxylation is 1. The summed E-state index contributed by atoms with van der Waals surface area (Å²) in [6, 6.07) is 19.7. The minimum Gasteiger partial charge on any atom is -0.391 e. The highest BCUT2D eigenvalue weighted by atomic mass is 79.9. The molecule has 4 atom stereocenters. The third kappa shape index (κ3) is 9.95. The van der Waals surface area contributed by atoms with E-state index in [0.29, 0.717) is 17.2 Å². The molecular formula is C59H72BrN9O4S. The Hall–Kier alpha value is -5.09. The van der Waals surface area contributed by atoms with Gasteiger partial charge in [0.15, 0.2) is 0 Å². The maximum atomic E-state index is 14.7. The van der Waals surface area contributed by atoms with Gasteiger partial charge in [-0.25, -0.2) is 4.98 Å². The fourth-order valence-corrected chi connectivity index (χ4v) is 15.4. The van der Waals surface area contributed by atoms with Crippen LogP contribution in [0.15, 0.2) is 85.5 Å². The van der Waals surface area contributed by atoms with Crippen molar-refractivity contribution in [3.05, 3.63) is 109 Å². The van der Waals surface area contributed by atoms with E-state index in [1.807, 2.05) is 43.6 Å². The number of rotatable bonds is 12. The molecule has 5 fully saturated rings. The van der Waals surface area contributed by atoms with E-state index in [9.17, 15) is 19.5 Å². The smallest absolute Gasteiger partial charge is 0.281 e. The molecule has 0 unspecified atom stereocenters. The summed E-state index contributed by atoms with van der Waals surface area (Å²) in [7, 11) is 0. The Kier molecular flexibility index (Phi) is 15.1. The maximum Gasteiger partial charge on any atom is 0.281 e. The number of benzene rings is 3. The molecule has 3 aromatic carbocycles. The van der Waals surface area contributed by atoms with Gasteiger partial charge in [-0.15, -0.1) is 11.3 Å². The van der Waals surface area contributed by atoms with Crippen LogP contribution in [0.2, 0.25) is 0 Å². The number of aliphatic hydroxyl groups excluding tert-OH is 1. The van der Waals surface area contributed by atoms with E-state index in [0.717, 1.165) is 159 Å². The van der Waals surface area contributed by atoms with E-state index in [1.54, 1.807) is 22.5 Å². The quantitative estimate of drug-likeness (QED) is 0.0630. The normalized spacial score (nSPS) is 24.6. The third-order valence-electron chi connectivity index (χ3n) is 18.1. The summed E-state index contributed by atoms with van der Waals surface area (Å²) >= 11 is 5.28. The van der Waals surface area contributed by atoms with Crippen LogP contribution in [0.5, 0.6) is 0 Å². The molecule has 11 rings (SSSR count). The molecule has 1 spiro atoms. The van der Waals surface area contributed by atoms with Gasteiger partial charge >= 0.3 is 0 Å². The summed E-state index contributed by atoms with van der Waals surface area (Å²) in [4.78, 5) is 61.9. The number of aliphatic imine (C=N–C) groups is 1. The molecular weight excluding hydrogens is 1010 g/mol. The highest BCUT2D eigenvalue weighted by Gasteiger charge is 2.47. The number of β-amino-alcohol motifs (C(OH)–C–C–N with tert-alkyl or cyclic N) is 1. The summed E-state index contributed by atoms with van der Waals surface area (Å²) in [6.45, 7) is 7.30. The molecule has 0 radical (unpaired) electrons. The molecule has 5 heterocycles. The summed E-state index contributed by atoms with van der Waals surface area (Å²) in [5.74, 6) is 7.91. The molecule has 390 valence electrons. The van der Waals surface area contributed by atoms with E-state index in [-0.39, 0.29) is 53.6 Å². The number of amides is 2. The summed E-state index contributed by atoms with van der Waals surface area (Å²) in [5.41, 5.74) is 10.2. The molecule has 15 heteroatoms. The van der Waals surface area contributed by atoms with Crippen LogP contribution in [-0.4, -0.2) is 97.5 Å². The van der Waals surface area contributed by atoms with Crippen LogP contribution in [0, 0.1) is 24.7 Å². The van der Waals surface area contributed by atoms with Gasteiger partial charge in [-0.1, -0.05) is 81.0 Å². The van der Waals surface area contributed by atoms with Crippen molar-refractivity contribution in [2.75, 3.05) is 26.2 Å². The number of aromatic nitrogens is 3. The van der Waals surface area contributed by atoms with E-state index in [1.165, 1.54) is 23.2 Å². The monoisotopic (exact) mass is 1080 g/mol. The summed E-state index contributed by atoms with van der Waals surface area (Å²) in [6.07, 6.45) is 18.1. The van der Waals surface area contributed by atoms with Crippen LogP contribution < -0.4 is 16.7 Å². The zero-order valence-electron chi connectivity index (χ0n) is 43.1. The van der Waals surface area contributed by atoms with Gasteiger partial charge in [0.2, 0.25) is 11.8 Å². The zero-order valence-corrected chi connectivity index (χ0v) is 45.5. The third-order valence-corrected chi connectivity index (χ3v) is 19.8. The number of likely N-dealkylation sites (tertiary alicyclic amines) is 2. The summed E-state index contributed by atoms with van der Waals surface area (Å²) < 4.78 is 3.12. The van der Waals surface area contributed by atoms with Gasteiger partial charge in [0, 0.05) is 36.1 Å². The number of nitrogens with two attached hydrogens (primary N) is 1.